The normalized spacial score (nSPS) is 20.4. The number of nitrogens with one attached hydrogen (secondary N) is 1. The molecule has 1 saturated heterocycles. The number of piperazine rings is 1. The van der Waals surface area contributed by atoms with Gasteiger partial charge in [0.05, 0.1) is 10.4 Å². The van der Waals surface area contributed by atoms with Gasteiger partial charge in [-0.1, -0.05) is 11.6 Å². The zero-order valence-corrected chi connectivity index (χ0v) is 9.95. The van der Waals surface area contributed by atoms with E-state index in [1.54, 1.807) is 0 Å². The van der Waals surface area contributed by atoms with E-state index in [-0.39, 0.29) is 12.7 Å². The summed E-state index contributed by atoms with van der Waals surface area (Å²) >= 11 is 7.34. The monoisotopic (exact) mass is 248 g/mol. The van der Waals surface area contributed by atoms with Gasteiger partial charge in [0.25, 0.3) is 0 Å². The number of nitrogens with zero attached hydrogens (tertiary/aromatic N) is 1. The zero-order valence-electron chi connectivity index (χ0n) is 8.38. The average molecular weight is 249 g/mol. The lowest BCUT2D eigenvalue weighted by Crippen LogP contribution is -2.45. The summed E-state index contributed by atoms with van der Waals surface area (Å²) < 4.78 is 13.8. The van der Waals surface area contributed by atoms with E-state index in [9.17, 15) is 4.39 Å². The summed E-state index contributed by atoms with van der Waals surface area (Å²) in [5.41, 5.74) is 0. The van der Waals surface area contributed by atoms with Crippen LogP contribution in [0.2, 0.25) is 4.34 Å². The maximum atomic E-state index is 13.0. The van der Waals surface area contributed by atoms with Crippen molar-refractivity contribution in [1.82, 2.24) is 10.2 Å². The van der Waals surface area contributed by atoms with E-state index in [1.807, 2.05) is 12.1 Å². The Morgan fingerprint density at radius 3 is 2.73 bits per heavy atom. The van der Waals surface area contributed by atoms with E-state index in [1.165, 1.54) is 11.3 Å². The predicted octanol–water partition coefficient (Wildman–Crippen LogP) is 2.32. The molecule has 84 valence electrons. The minimum absolute atomic E-state index is 0.107. The first-order valence-corrected chi connectivity index (χ1v) is 6.26. The van der Waals surface area contributed by atoms with Crippen molar-refractivity contribution < 1.29 is 4.39 Å². The van der Waals surface area contributed by atoms with Crippen molar-refractivity contribution in [2.24, 2.45) is 0 Å². The Labute approximate surface area is 98.0 Å². The van der Waals surface area contributed by atoms with Crippen LogP contribution in [0, 0.1) is 0 Å². The van der Waals surface area contributed by atoms with Crippen LogP contribution in [0.25, 0.3) is 0 Å². The lowest BCUT2D eigenvalue weighted by molar-refractivity contribution is 0.150. The van der Waals surface area contributed by atoms with Crippen LogP contribution in [0.5, 0.6) is 0 Å². The second-order valence-corrected chi connectivity index (χ2v) is 5.34. The van der Waals surface area contributed by atoms with Crippen LogP contribution in [0.1, 0.15) is 10.9 Å². The lowest BCUT2D eigenvalue weighted by atomic mass is 10.2. The molecule has 5 heteroatoms. The molecular weight excluding hydrogens is 235 g/mol. The molecule has 1 atom stereocenters. The van der Waals surface area contributed by atoms with Gasteiger partial charge in [-0.25, -0.2) is 4.39 Å². The molecule has 0 spiro atoms. The fourth-order valence-electron chi connectivity index (χ4n) is 1.85. The summed E-state index contributed by atoms with van der Waals surface area (Å²) in [5, 5.41) is 3.26. The van der Waals surface area contributed by atoms with Crippen LogP contribution in [0.4, 0.5) is 4.39 Å². The van der Waals surface area contributed by atoms with Gasteiger partial charge >= 0.3 is 0 Å². The summed E-state index contributed by atoms with van der Waals surface area (Å²) in [7, 11) is 0. The number of alkyl halides is 1. The Morgan fingerprint density at radius 2 is 2.20 bits per heavy atom. The van der Waals surface area contributed by atoms with Crippen LogP contribution < -0.4 is 5.32 Å². The number of rotatable bonds is 3. The third-order valence-electron chi connectivity index (χ3n) is 2.66. The highest BCUT2D eigenvalue weighted by Gasteiger charge is 2.23. The van der Waals surface area contributed by atoms with E-state index >= 15 is 0 Å². The predicted molar refractivity (Wildman–Crippen MR) is 62.5 cm³/mol. The molecule has 0 saturated carbocycles. The maximum Gasteiger partial charge on any atom is 0.110 e. The number of thiophene rings is 1. The summed E-state index contributed by atoms with van der Waals surface area (Å²) in [4.78, 5) is 3.21. The van der Waals surface area contributed by atoms with E-state index in [2.05, 4.69) is 10.2 Å². The quantitative estimate of drug-likeness (QED) is 0.883. The van der Waals surface area contributed by atoms with Crippen LogP contribution in [0.15, 0.2) is 12.1 Å². The van der Waals surface area contributed by atoms with Crippen molar-refractivity contribution in [2.45, 2.75) is 6.04 Å². The van der Waals surface area contributed by atoms with Gasteiger partial charge in [0.2, 0.25) is 0 Å². The molecule has 0 unspecified atom stereocenters. The Morgan fingerprint density at radius 1 is 1.47 bits per heavy atom. The minimum Gasteiger partial charge on any atom is -0.314 e. The highest BCUT2D eigenvalue weighted by Crippen LogP contribution is 2.30. The SMILES string of the molecule is FC[C@H](c1ccc(Cl)s1)N1CCNCC1. The smallest absolute Gasteiger partial charge is 0.110 e. The minimum atomic E-state index is -0.336. The summed E-state index contributed by atoms with van der Waals surface area (Å²) in [6, 6.07) is 3.66. The van der Waals surface area contributed by atoms with Gasteiger partial charge in [0.1, 0.15) is 6.67 Å². The molecule has 1 N–H and O–H groups in total. The molecule has 0 amide bonds. The largest absolute Gasteiger partial charge is 0.314 e. The van der Waals surface area contributed by atoms with Crippen molar-refractivity contribution in [3.05, 3.63) is 21.3 Å². The lowest BCUT2D eigenvalue weighted by Gasteiger charge is -2.32. The standard InChI is InChI=1S/C10H14ClFN2S/c11-10-2-1-9(15-10)8(7-12)14-5-3-13-4-6-14/h1-2,8,13H,3-7H2/t8-/m1/s1. The first-order valence-electron chi connectivity index (χ1n) is 5.07. The van der Waals surface area contributed by atoms with Crippen LogP contribution >= 0.6 is 22.9 Å². The summed E-state index contributed by atoms with van der Waals surface area (Å²) in [6.07, 6.45) is 0. The van der Waals surface area contributed by atoms with E-state index in [0.29, 0.717) is 0 Å². The number of hydrogen-bond acceptors (Lipinski definition) is 3. The molecular formula is C10H14ClFN2S. The van der Waals surface area contributed by atoms with E-state index in [4.69, 9.17) is 11.6 Å². The molecule has 0 aromatic carbocycles. The summed E-state index contributed by atoms with van der Waals surface area (Å²) in [5.74, 6) is 0. The van der Waals surface area contributed by atoms with Crippen molar-refractivity contribution in [2.75, 3.05) is 32.9 Å². The topological polar surface area (TPSA) is 15.3 Å². The highest BCUT2D eigenvalue weighted by molar-refractivity contribution is 7.16. The highest BCUT2D eigenvalue weighted by atomic mass is 35.5. The Hall–Kier alpha value is -0.160. The van der Waals surface area contributed by atoms with Gasteiger partial charge in [-0.3, -0.25) is 4.90 Å². The van der Waals surface area contributed by atoms with Crippen molar-refractivity contribution in [1.29, 1.82) is 0 Å². The van der Waals surface area contributed by atoms with Crippen LogP contribution in [0.3, 0.4) is 0 Å². The molecule has 15 heavy (non-hydrogen) atoms. The molecule has 1 aromatic heterocycles. The molecule has 1 aromatic rings. The van der Waals surface area contributed by atoms with Gasteiger partial charge in [-0.2, -0.15) is 0 Å². The van der Waals surface area contributed by atoms with Gasteiger partial charge in [0.15, 0.2) is 0 Å². The molecule has 0 radical (unpaired) electrons. The third kappa shape index (κ3) is 2.69. The van der Waals surface area contributed by atoms with Crippen LogP contribution in [-0.2, 0) is 0 Å². The second kappa shape index (κ2) is 5.25. The maximum absolute atomic E-state index is 13.0. The molecule has 2 nitrogen and oxygen atoms in total. The van der Waals surface area contributed by atoms with Gasteiger partial charge in [0, 0.05) is 31.1 Å². The second-order valence-electron chi connectivity index (χ2n) is 3.60. The molecule has 2 rings (SSSR count). The van der Waals surface area contributed by atoms with Crippen molar-refractivity contribution in [3.8, 4) is 0 Å². The van der Waals surface area contributed by atoms with Crippen LogP contribution in [-0.4, -0.2) is 37.8 Å². The van der Waals surface area contributed by atoms with Gasteiger partial charge < -0.3 is 5.32 Å². The fourth-order valence-corrected chi connectivity index (χ4v) is 3.03. The molecule has 2 heterocycles. The average Bonchev–Trinajstić information content (AvgIpc) is 2.68. The third-order valence-corrected chi connectivity index (χ3v) is 3.99. The van der Waals surface area contributed by atoms with Gasteiger partial charge in [-0.15, -0.1) is 11.3 Å². The zero-order chi connectivity index (χ0) is 10.7. The molecule has 1 aliphatic heterocycles. The summed E-state index contributed by atoms with van der Waals surface area (Å²) in [6.45, 7) is 3.36. The first-order chi connectivity index (χ1) is 7.31. The Kier molecular flexibility index (Phi) is 3.97. The first kappa shape index (κ1) is 11.3. The Bertz CT molecular complexity index is 312. The fraction of sp³-hybridized carbons (Fsp3) is 0.600. The van der Waals surface area contributed by atoms with Gasteiger partial charge in [-0.05, 0) is 12.1 Å². The molecule has 0 aliphatic carbocycles. The Balaban J connectivity index is 2.08. The van der Waals surface area contributed by atoms with Crippen molar-refractivity contribution >= 4 is 22.9 Å². The van der Waals surface area contributed by atoms with E-state index in [0.717, 1.165) is 35.4 Å². The van der Waals surface area contributed by atoms with E-state index < -0.39 is 0 Å². The molecule has 1 aliphatic rings. The number of hydrogen-bond donors (Lipinski definition) is 1. The van der Waals surface area contributed by atoms with Crippen molar-refractivity contribution in [3.63, 3.8) is 0 Å². The number of halogens is 2. The molecule has 0 bridgehead atoms. The molecule has 1 fully saturated rings.